The van der Waals surface area contributed by atoms with Crippen molar-refractivity contribution in [1.82, 2.24) is 10.6 Å². The molecule has 2 N–H and O–H groups in total. The molecule has 0 bridgehead atoms. The Labute approximate surface area is 218 Å². The van der Waals surface area contributed by atoms with E-state index in [4.69, 9.17) is 4.74 Å². The van der Waals surface area contributed by atoms with E-state index in [1.165, 1.54) is 42.2 Å². The van der Waals surface area contributed by atoms with Gasteiger partial charge in [-0.05, 0) is 55.0 Å². The predicted molar refractivity (Wildman–Crippen MR) is 135 cm³/mol. The Hall–Kier alpha value is -4.22. The number of carbonyl (C=O) groups excluding carboxylic acids is 3. The van der Waals surface area contributed by atoms with E-state index in [0.717, 1.165) is 12.8 Å². The summed E-state index contributed by atoms with van der Waals surface area (Å²) in [7, 11) is 0. The van der Waals surface area contributed by atoms with Crippen LogP contribution in [-0.2, 0) is 9.53 Å². The maximum atomic E-state index is 15.1. The van der Waals surface area contributed by atoms with Gasteiger partial charge in [-0.25, -0.2) is 9.18 Å². The van der Waals surface area contributed by atoms with E-state index in [-0.39, 0.29) is 36.6 Å². The van der Waals surface area contributed by atoms with Crippen LogP contribution in [0.2, 0.25) is 0 Å². The summed E-state index contributed by atoms with van der Waals surface area (Å²) in [4.78, 5) is 49.6. The molecule has 2 aromatic carbocycles. The molecule has 5 rings (SSSR count). The minimum Gasteiger partial charge on any atom is -0.442 e. The smallest absolute Gasteiger partial charge is 0.414 e. The first kappa shape index (κ1) is 25.4. The van der Waals surface area contributed by atoms with Crippen LogP contribution in [0.5, 0.6) is 0 Å². The van der Waals surface area contributed by atoms with Crippen molar-refractivity contribution in [3.63, 3.8) is 0 Å². The number of halogens is 1. The molecular weight excluding hydrogens is 497 g/mol. The van der Waals surface area contributed by atoms with Crippen LogP contribution in [0.25, 0.3) is 0 Å². The van der Waals surface area contributed by atoms with Gasteiger partial charge in [0.2, 0.25) is 5.91 Å². The number of hydrogen-bond acceptors (Lipinski definition) is 7. The molecule has 3 fully saturated rings. The highest BCUT2D eigenvalue weighted by Gasteiger charge is 2.42. The number of non-ortho nitro benzene ring substituents is 1. The normalized spacial score (nSPS) is 24.2. The van der Waals surface area contributed by atoms with E-state index in [0.29, 0.717) is 41.9 Å². The third-order valence-electron chi connectivity index (χ3n) is 7.46. The lowest BCUT2D eigenvalue weighted by Gasteiger charge is -2.23. The molecule has 12 heteroatoms. The Morgan fingerprint density at radius 1 is 1.11 bits per heavy atom. The number of nitrogens with one attached hydrogen (secondary N) is 2. The summed E-state index contributed by atoms with van der Waals surface area (Å²) in [5.41, 5.74) is 1.18. The number of cyclic esters (lactones) is 1. The largest absolute Gasteiger partial charge is 0.442 e. The first-order valence-corrected chi connectivity index (χ1v) is 12.5. The van der Waals surface area contributed by atoms with Crippen molar-refractivity contribution < 1.29 is 28.4 Å². The molecule has 2 aliphatic heterocycles. The van der Waals surface area contributed by atoms with E-state index in [2.05, 4.69) is 10.6 Å². The molecule has 0 spiro atoms. The van der Waals surface area contributed by atoms with Crippen LogP contribution >= 0.6 is 0 Å². The monoisotopic (exact) mass is 525 g/mol. The topological polar surface area (TPSA) is 134 Å². The molecule has 1 unspecified atom stereocenters. The van der Waals surface area contributed by atoms with Crippen LogP contribution < -0.4 is 20.4 Å². The quantitative estimate of drug-likeness (QED) is 0.419. The van der Waals surface area contributed by atoms with Crippen LogP contribution in [-0.4, -0.2) is 61.2 Å². The molecule has 11 nitrogen and oxygen atoms in total. The van der Waals surface area contributed by atoms with E-state index in [1.54, 1.807) is 12.1 Å². The number of carbonyl (C=O) groups is 3. The number of ether oxygens (including phenoxy) is 1. The van der Waals surface area contributed by atoms with Crippen molar-refractivity contribution in [2.75, 3.05) is 36.0 Å². The molecule has 200 valence electrons. The third-order valence-corrected chi connectivity index (χ3v) is 7.46. The molecule has 1 aliphatic carbocycles. The van der Waals surface area contributed by atoms with E-state index in [1.807, 2.05) is 4.90 Å². The van der Waals surface area contributed by atoms with Crippen LogP contribution in [0, 0.1) is 27.8 Å². The molecule has 0 radical (unpaired) electrons. The number of amides is 3. The maximum absolute atomic E-state index is 15.1. The Kier molecular flexibility index (Phi) is 6.87. The first-order chi connectivity index (χ1) is 18.2. The van der Waals surface area contributed by atoms with Crippen molar-refractivity contribution in [3.8, 4) is 0 Å². The number of nitro groups is 1. The zero-order valence-electron chi connectivity index (χ0n) is 20.8. The van der Waals surface area contributed by atoms with Gasteiger partial charge in [0.25, 0.3) is 11.6 Å². The number of anilines is 2. The summed E-state index contributed by atoms with van der Waals surface area (Å²) in [5.74, 6) is -0.297. The number of fused-ring (bicyclic) bond motifs is 1. The second-order valence-electron chi connectivity index (χ2n) is 10.1. The second kappa shape index (κ2) is 10.3. The average Bonchev–Trinajstić information content (AvgIpc) is 3.55. The lowest BCUT2D eigenvalue weighted by atomic mass is 10.0. The summed E-state index contributed by atoms with van der Waals surface area (Å²) >= 11 is 0. The van der Waals surface area contributed by atoms with Gasteiger partial charge < -0.3 is 20.3 Å². The fourth-order valence-corrected chi connectivity index (χ4v) is 5.63. The molecule has 38 heavy (non-hydrogen) atoms. The third kappa shape index (κ3) is 5.24. The molecule has 3 aliphatic rings. The molecule has 2 saturated heterocycles. The van der Waals surface area contributed by atoms with E-state index < -0.39 is 22.9 Å². The summed E-state index contributed by atoms with van der Waals surface area (Å²) in [6, 6.07) is 10.2. The van der Waals surface area contributed by atoms with Gasteiger partial charge in [-0.2, -0.15) is 0 Å². The fraction of sp³-hybridized carbons (Fsp3) is 0.423. The van der Waals surface area contributed by atoms with Crippen LogP contribution in [0.4, 0.5) is 26.2 Å². The Bertz CT molecular complexity index is 1260. The van der Waals surface area contributed by atoms with Gasteiger partial charge in [0, 0.05) is 43.8 Å². The summed E-state index contributed by atoms with van der Waals surface area (Å²) in [6.07, 6.45) is 0.468. The average molecular weight is 526 g/mol. The van der Waals surface area contributed by atoms with E-state index >= 15 is 4.39 Å². The molecular formula is C26H28FN5O6. The van der Waals surface area contributed by atoms with Crippen LogP contribution in [0.15, 0.2) is 42.5 Å². The summed E-state index contributed by atoms with van der Waals surface area (Å²) < 4.78 is 20.4. The van der Waals surface area contributed by atoms with Gasteiger partial charge >= 0.3 is 6.09 Å². The molecule has 3 amide bonds. The maximum Gasteiger partial charge on any atom is 0.414 e. The van der Waals surface area contributed by atoms with Gasteiger partial charge in [0.05, 0.1) is 29.4 Å². The number of nitrogens with zero attached hydrogens (tertiary/aromatic N) is 3. The van der Waals surface area contributed by atoms with Crippen molar-refractivity contribution in [1.29, 1.82) is 0 Å². The highest BCUT2D eigenvalue weighted by Crippen LogP contribution is 2.41. The second-order valence-corrected chi connectivity index (χ2v) is 10.1. The van der Waals surface area contributed by atoms with Crippen molar-refractivity contribution >= 4 is 35.0 Å². The van der Waals surface area contributed by atoms with Crippen LogP contribution in [0.1, 0.15) is 30.1 Å². The van der Waals surface area contributed by atoms with Gasteiger partial charge in [-0.3, -0.25) is 24.6 Å². The standard InChI is InChI=1S/C26H28FN5O6/c1-15(33)28-11-22-14-31(26(35)38-22)21-6-7-24(23(27)10-21)30-12-17-8-19(9-18(17)13-30)29-25(34)16-2-4-20(5-3-16)32(36)37/h2-7,10,17-19,22H,8-9,11-14H2,1H3,(H,28,33)(H,29,34)/t17-,18+,19?,22-/m0/s1. The Balaban J connectivity index is 1.15. The molecule has 1 saturated carbocycles. The van der Waals surface area contributed by atoms with Gasteiger partial charge in [-0.1, -0.05) is 0 Å². The highest BCUT2D eigenvalue weighted by molar-refractivity contribution is 5.94. The number of rotatable bonds is 7. The summed E-state index contributed by atoms with van der Waals surface area (Å²) in [5, 5.41) is 16.5. The van der Waals surface area contributed by atoms with Crippen molar-refractivity contribution in [3.05, 3.63) is 64.0 Å². The van der Waals surface area contributed by atoms with Crippen molar-refractivity contribution in [2.24, 2.45) is 11.8 Å². The van der Waals surface area contributed by atoms with E-state index in [9.17, 15) is 24.5 Å². The van der Waals surface area contributed by atoms with Crippen molar-refractivity contribution in [2.45, 2.75) is 31.9 Å². The number of hydrogen-bond donors (Lipinski definition) is 2. The first-order valence-electron chi connectivity index (χ1n) is 12.5. The Morgan fingerprint density at radius 2 is 1.79 bits per heavy atom. The highest BCUT2D eigenvalue weighted by atomic mass is 19.1. The molecule has 0 aromatic heterocycles. The minimum atomic E-state index is -0.579. The Morgan fingerprint density at radius 3 is 2.39 bits per heavy atom. The van der Waals surface area contributed by atoms with Gasteiger partial charge in [0.1, 0.15) is 11.9 Å². The lowest BCUT2D eigenvalue weighted by Crippen LogP contribution is -2.35. The minimum absolute atomic E-state index is 0.00585. The van der Waals surface area contributed by atoms with Crippen LogP contribution in [0.3, 0.4) is 0 Å². The molecule has 2 heterocycles. The zero-order chi connectivity index (χ0) is 27.0. The zero-order valence-corrected chi connectivity index (χ0v) is 20.8. The summed E-state index contributed by atoms with van der Waals surface area (Å²) in [6.45, 7) is 3.13. The SMILES string of the molecule is CC(=O)NC[C@H]1CN(c2ccc(N3C[C@H]4CC(NC(=O)c5ccc([N+](=O)[O-])cc5)C[C@H]4C3)c(F)c2)C(=O)O1. The van der Waals surface area contributed by atoms with Gasteiger partial charge in [0.15, 0.2) is 0 Å². The van der Waals surface area contributed by atoms with Gasteiger partial charge in [-0.15, -0.1) is 0 Å². The fourth-order valence-electron chi connectivity index (χ4n) is 5.63. The number of nitro benzene ring substituents is 1. The molecule has 2 aromatic rings. The molecule has 4 atom stereocenters. The predicted octanol–water partition coefficient (Wildman–Crippen LogP) is 2.84. The lowest BCUT2D eigenvalue weighted by molar-refractivity contribution is -0.384. The number of benzene rings is 2.